The summed E-state index contributed by atoms with van der Waals surface area (Å²) in [5.74, 6) is 0. The van der Waals surface area contributed by atoms with Crippen LogP contribution in [0.25, 0.3) is 0 Å². The Morgan fingerprint density at radius 2 is 1.00 bits per heavy atom. The molecular weight excluding hydrogens is 239 g/mol. The van der Waals surface area contributed by atoms with Gasteiger partial charge in [0.15, 0.2) is 0 Å². The Morgan fingerprint density at radius 3 is 1.00 bits per heavy atom. The van der Waals surface area contributed by atoms with E-state index in [0.29, 0.717) is 0 Å². The minimum absolute atomic E-state index is 0. The monoisotopic (exact) mass is 243 g/mol. The molecule has 31 valence electrons. The molecule has 0 spiro atoms. The third kappa shape index (κ3) is 9.07. The van der Waals surface area contributed by atoms with E-state index in [2.05, 4.69) is 0 Å². The molecule has 0 atom stereocenters. The number of hydrogen-bond acceptors (Lipinski definition) is 0. The molecule has 0 bridgehead atoms. The van der Waals surface area contributed by atoms with Gasteiger partial charge in [0.05, 0.1) is 0 Å². The van der Waals surface area contributed by atoms with Crippen LogP contribution in [0, 0.1) is 0 Å². The van der Waals surface area contributed by atoms with Gasteiger partial charge in [-0.05, 0) is 11.0 Å². The number of rotatable bonds is 0. The topological polar surface area (TPSA) is 0 Å². The van der Waals surface area contributed by atoms with Gasteiger partial charge in [0.2, 0.25) is 0 Å². The molecule has 0 amide bonds. The van der Waals surface area contributed by atoms with Gasteiger partial charge in [-0.1, -0.05) is 0 Å². The number of hydrogen-bond donors (Lipinski definition) is 0. The molecule has 0 aliphatic rings. The quantitative estimate of drug-likeness (QED) is 0.468. The molecule has 0 saturated heterocycles. The van der Waals surface area contributed by atoms with Gasteiger partial charge in [0.1, 0.15) is 0 Å². The smallest absolute Gasteiger partial charge is 0 e. The maximum Gasteiger partial charge on any atom is 0 e. The summed E-state index contributed by atoms with van der Waals surface area (Å²) in [7, 11) is 0. The van der Waals surface area contributed by atoms with Crippen molar-refractivity contribution in [3.63, 3.8) is 0 Å². The van der Waals surface area contributed by atoms with Crippen LogP contribution in [0.1, 0.15) is 0 Å². The third-order valence-corrected chi connectivity index (χ3v) is 0. The molecule has 0 N–H and O–H groups in total. The van der Waals surface area contributed by atoms with Gasteiger partial charge in [-0.15, -0.1) is 0 Å². The second kappa shape index (κ2) is 20.5. The molecule has 4 heavy (non-hydrogen) atoms. The van der Waals surface area contributed by atoms with Crippen LogP contribution < -0.4 is 0 Å². The Balaban J connectivity index is 0. The van der Waals surface area contributed by atoms with E-state index < -0.39 is 0 Å². The molecule has 0 rings (SSSR count). The Labute approximate surface area is 65.2 Å². The summed E-state index contributed by atoms with van der Waals surface area (Å²) in [6.07, 6.45) is 0. The Bertz CT molecular complexity index is 8.00. The zero-order valence-corrected chi connectivity index (χ0v) is 8.18. The fourth-order valence-corrected chi connectivity index (χ4v) is 0. The molecule has 0 nitrogen and oxygen atoms in total. The van der Waals surface area contributed by atoms with Crippen LogP contribution in [-0.2, 0) is 54.6 Å². The molecule has 4 heteroatoms. The van der Waals surface area contributed by atoms with Crippen molar-refractivity contribution in [1.82, 2.24) is 0 Å². The van der Waals surface area contributed by atoms with Crippen LogP contribution in [-0.4, -0.2) is 11.0 Å². The van der Waals surface area contributed by atoms with Crippen LogP contribution in [0.2, 0.25) is 0 Å². The van der Waals surface area contributed by atoms with Crippen molar-refractivity contribution in [1.29, 1.82) is 0 Å². The van der Waals surface area contributed by atoms with Crippen molar-refractivity contribution in [2.24, 2.45) is 0 Å². The van der Waals surface area contributed by atoms with E-state index >= 15 is 0 Å². The van der Waals surface area contributed by atoms with Crippen LogP contribution >= 0.6 is 0 Å². The van der Waals surface area contributed by atoms with E-state index in [9.17, 15) is 0 Å². The van der Waals surface area contributed by atoms with Crippen LogP contribution in [0.4, 0.5) is 0 Å². The average Bonchev–Trinajstić information content (AvgIpc) is 0. The molecule has 0 saturated carbocycles. The molecule has 0 aromatic carbocycles. The first-order chi connectivity index (χ1) is 0. The summed E-state index contributed by atoms with van der Waals surface area (Å²) in [6, 6.07) is 0. The summed E-state index contributed by atoms with van der Waals surface area (Å²) in [6.45, 7) is 0. The van der Waals surface area contributed by atoms with Gasteiger partial charge < -0.3 is 0 Å². The summed E-state index contributed by atoms with van der Waals surface area (Å²) in [5.41, 5.74) is 0. The van der Waals surface area contributed by atoms with E-state index in [1.807, 2.05) is 0 Å². The van der Waals surface area contributed by atoms with Gasteiger partial charge in [-0.25, -0.2) is 0 Å². The normalized spacial score (nSPS) is 0. The molecule has 0 fully saturated rings. The molecule has 0 heterocycles. The molecule has 0 aliphatic carbocycles. The van der Waals surface area contributed by atoms with E-state index in [-0.39, 0.29) is 65.6 Å². The predicted octanol–water partition coefficient (Wildman–Crippen LogP) is -1.19. The summed E-state index contributed by atoms with van der Waals surface area (Å²) in [5, 5.41) is 0. The minimum Gasteiger partial charge on any atom is -0.0125 e. The van der Waals surface area contributed by atoms with Crippen molar-refractivity contribution in [3.05, 3.63) is 0 Å². The predicted molar refractivity (Wildman–Crippen MR) is 9.94 cm³/mol. The first-order valence-electron chi connectivity index (χ1n) is 0. The molecular formula is H3FeMoNiSi. The van der Waals surface area contributed by atoms with E-state index in [1.54, 1.807) is 0 Å². The third-order valence-electron chi connectivity index (χ3n) is 0. The fraction of sp³-hybridized carbons (Fsp3) is 0. The zero-order chi connectivity index (χ0) is 0. The maximum atomic E-state index is 0. The second-order valence-electron chi connectivity index (χ2n) is 0. The second-order valence-corrected chi connectivity index (χ2v) is 0. The van der Waals surface area contributed by atoms with Crippen molar-refractivity contribution >= 4 is 11.0 Å². The molecule has 0 aromatic heterocycles. The van der Waals surface area contributed by atoms with E-state index in [0.717, 1.165) is 0 Å². The van der Waals surface area contributed by atoms with Crippen molar-refractivity contribution in [2.45, 2.75) is 0 Å². The molecule has 1 radical (unpaired) electrons. The van der Waals surface area contributed by atoms with Crippen molar-refractivity contribution in [2.75, 3.05) is 0 Å². The first kappa shape index (κ1) is 38.9. The standard InChI is InChI=1S/Fe.Mo.Ni.H3Si/h;;;1H3. The molecule has 0 aliphatic heterocycles. The van der Waals surface area contributed by atoms with E-state index in [1.165, 1.54) is 0 Å². The summed E-state index contributed by atoms with van der Waals surface area (Å²) < 4.78 is 0. The Hall–Kier alpha value is 1.92. The summed E-state index contributed by atoms with van der Waals surface area (Å²) >= 11 is 0. The molecule has 0 aromatic rings. The van der Waals surface area contributed by atoms with Gasteiger partial charge in [0, 0.05) is 54.6 Å². The van der Waals surface area contributed by atoms with Crippen LogP contribution in [0.3, 0.4) is 0 Å². The molecule has 0 unspecified atom stereocenters. The van der Waals surface area contributed by atoms with Crippen LogP contribution in [0.15, 0.2) is 0 Å². The average molecular weight is 242 g/mol. The fourth-order valence-electron chi connectivity index (χ4n) is 0. The first-order valence-corrected chi connectivity index (χ1v) is 0. The zero-order valence-electron chi connectivity index (χ0n) is 2.08. The summed E-state index contributed by atoms with van der Waals surface area (Å²) in [4.78, 5) is 0. The van der Waals surface area contributed by atoms with Crippen LogP contribution in [0.5, 0.6) is 0 Å². The Kier molecular flexibility index (Phi) is 200. The van der Waals surface area contributed by atoms with Crippen molar-refractivity contribution in [3.8, 4) is 0 Å². The van der Waals surface area contributed by atoms with E-state index in [4.69, 9.17) is 0 Å². The van der Waals surface area contributed by atoms with Crippen molar-refractivity contribution < 1.29 is 54.6 Å². The van der Waals surface area contributed by atoms with Gasteiger partial charge in [-0.2, -0.15) is 0 Å². The largest absolute Gasteiger partial charge is 0.0125 e. The SMILES string of the molecule is [Fe].[Mo].[Ni].[SiH3]. The maximum absolute atomic E-state index is 0. The minimum atomic E-state index is 0. The van der Waals surface area contributed by atoms with Gasteiger partial charge in [-0.3, -0.25) is 0 Å². The van der Waals surface area contributed by atoms with Gasteiger partial charge >= 0.3 is 0 Å². The Morgan fingerprint density at radius 1 is 1.00 bits per heavy atom. The van der Waals surface area contributed by atoms with Gasteiger partial charge in [0.25, 0.3) is 0 Å².